The molecule has 0 radical (unpaired) electrons. The molecule has 0 amide bonds. The Bertz CT molecular complexity index is 595. The Morgan fingerprint density at radius 1 is 1.10 bits per heavy atom. The smallest absolute Gasteiger partial charge is 0.184 e. The van der Waals surface area contributed by atoms with Crippen molar-refractivity contribution in [2.24, 2.45) is 5.41 Å². The van der Waals surface area contributed by atoms with E-state index in [0.29, 0.717) is 13.2 Å². The second-order valence-electron chi connectivity index (χ2n) is 5.93. The van der Waals surface area contributed by atoms with Crippen molar-refractivity contribution in [3.05, 3.63) is 48.0 Å². The van der Waals surface area contributed by atoms with Crippen molar-refractivity contribution >= 4 is 10.8 Å². The fourth-order valence-electron chi connectivity index (χ4n) is 3.08. The predicted molar refractivity (Wildman–Crippen MR) is 83.0 cm³/mol. The van der Waals surface area contributed by atoms with Gasteiger partial charge in [0.05, 0.1) is 19.8 Å². The summed E-state index contributed by atoms with van der Waals surface area (Å²) < 4.78 is 11.9. The number of aliphatic hydroxyl groups excluding tert-OH is 1. The second-order valence-corrected chi connectivity index (χ2v) is 5.93. The van der Waals surface area contributed by atoms with Gasteiger partial charge in [-0.2, -0.15) is 0 Å². The monoisotopic (exact) mass is 286 g/mol. The topological polar surface area (TPSA) is 38.7 Å². The molecule has 1 aliphatic heterocycles. The first-order valence-corrected chi connectivity index (χ1v) is 7.60. The lowest BCUT2D eigenvalue weighted by molar-refractivity contribution is -0.242. The fraction of sp³-hybridized carbons (Fsp3) is 0.444. The van der Waals surface area contributed by atoms with Crippen molar-refractivity contribution in [3.8, 4) is 0 Å². The highest BCUT2D eigenvalue weighted by Crippen LogP contribution is 2.36. The van der Waals surface area contributed by atoms with Crippen LogP contribution in [0.4, 0.5) is 0 Å². The van der Waals surface area contributed by atoms with Gasteiger partial charge < -0.3 is 14.6 Å². The van der Waals surface area contributed by atoms with Crippen LogP contribution in [0.1, 0.15) is 31.6 Å². The number of hydrogen-bond acceptors (Lipinski definition) is 3. The number of ether oxygens (including phenoxy) is 2. The third-order valence-electron chi connectivity index (χ3n) is 4.27. The number of rotatable bonds is 4. The maximum absolute atomic E-state index is 9.64. The standard InChI is InChI=1S/C18H22O3/c1-2-10-18(11-19)12-20-17(21-13-18)16-9-5-7-14-6-3-4-8-15(14)16/h3-9,17,19H,2,10-13H2,1H3. The summed E-state index contributed by atoms with van der Waals surface area (Å²) in [5, 5.41) is 12.0. The van der Waals surface area contributed by atoms with E-state index in [4.69, 9.17) is 9.47 Å². The molecular weight excluding hydrogens is 264 g/mol. The molecule has 3 rings (SSSR count). The highest BCUT2D eigenvalue weighted by atomic mass is 16.7. The lowest BCUT2D eigenvalue weighted by Gasteiger charge is -2.39. The Labute approximate surface area is 125 Å². The molecule has 3 heteroatoms. The molecule has 2 aromatic rings. The van der Waals surface area contributed by atoms with Crippen LogP contribution < -0.4 is 0 Å². The lowest BCUT2D eigenvalue weighted by Crippen LogP contribution is -2.41. The van der Waals surface area contributed by atoms with Crippen LogP contribution in [-0.2, 0) is 9.47 Å². The third-order valence-corrected chi connectivity index (χ3v) is 4.27. The van der Waals surface area contributed by atoms with Gasteiger partial charge in [0.25, 0.3) is 0 Å². The summed E-state index contributed by atoms with van der Waals surface area (Å²) in [5.74, 6) is 0. The van der Waals surface area contributed by atoms with E-state index in [1.807, 2.05) is 18.2 Å². The lowest BCUT2D eigenvalue weighted by atomic mass is 9.85. The SMILES string of the molecule is CCCC1(CO)COC(c2cccc3ccccc23)OC1. The van der Waals surface area contributed by atoms with E-state index in [1.54, 1.807) is 0 Å². The van der Waals surface area contributed by atoms with Gasteiger partial charge in [-0.1, -0.05) is 55.8 Å². The third kappa shape index (κ3) is 2.82. The first kappa shape index (κ1) is 14.5. The Kier molecular flexibility index (Phi) is 4.24. The molecule has 0 spiro atoms. The van der Waals surface area contributed by atoms with Gasteiger partial charge in [-0.15, -0.1) is 0 Å². The van der Waals surface area contributed by atoms with Gasteiger partial charge >= 0.3 is 0 Å². The molecule has 1 N–H and O–H groups in total. The van der Waals surface area contributed by atoms with E-state index >= 15 is 0 Å². The Hall–Kier alpha value is -1.42. The number of benzene rings is 2. The molecule has 1 fully saturated rings. The van der Waals surface area contributed by atoms with Gasteiger partial charge in [0.2, 0.25) is 0 Å². The number of hydrogen-bond donors (Lipinski definition) is 1. The summed E-state index contributed by atoms with van der Waals surface area (Å²) in [6.07, 6.45) is 1.60. The van der Waals surface area contributed by atoms with Crippen molar-refractivity contribution < 1.29 is 14.6 Å². The molecule has 21 heavy (non-hydrogen) atoms. The van der Waals surface area contributed by atoms with Crippen LogP contribution in [0.15, 0.2) is 42.5 Å². The fourth-order valence-corrected chi connectivity index (χ4v) is 3.08. The average molecular weight is 286 g/mol. The van der Waals surface area contributed by atoms with Crippen molar-refractivity contribution in [2.75, 3.05) is 19.8 Å². The molecule has 0 saturated carbocycles. The van der Waals surface area contributed by atoms with Gasteiger partial charge in [0.1, 0.15) is 0 Å². The zero-order valence-corrected chi connectivity index (χ0v) is 12.4. The van der Waals surface area contributed by atoms with Gasteiger partial charge in [0, 0.05) is 11.0 Å². The van der Waals surface area contributed by atoms with E-state index in [0.717, 1.165) is 23.8 Å². The maximum Gasteiger partial charge on any atom is 0.184 e. The largest absolute Gasteiger partial charge is 0.396 e. The zero-order chi connectivity index (χ0) is 14.7. The van der Waals surface area contributed by atoms with Gasteiger partial charge in [-0.3, -0.25) is 0 Å². The van der Waals surface area contributed by atoms with Crippen LogP contribution >= 0.6 is 0 Å². The van der Waals surface area contributed by atoms with Crippen molar-refractivity contribution in [1.82, 2.24) is 0 Å². The summed E-state index contributed by atoms with van der Waals surface area (Å²) in [7, 11) is 0. The molecule has 0 bridgehead atoms. The van der Waals surface area contributed by atoms with E-state index in [9.17, 15) is 5.11 Å². The molecular formula is C18H22O3. The van der Waals surface area contributed by atoms with Crippen LogP contribution in [-0.4, -0.2) is 24.9 Å². The summed E-state index contributed by atoms with van der Waals surface area (Å²) in [4.78, 5) is 0. The molecule has 1 aliphatic rings. The van der Waals surface area contributed by atoms with Crippen molar-refractivity contribution in [2.45, 2.75) is 26.1 Å². The van der Waals surface area contributed by atoms with Crippen LogP contribution in [0.2, 0.25) is 0 Å². The highest BCUT2D eigenvalue weighted by Gasteiger charge is 2.36. The number of fused-ring (bicyclic) bond motifs is 1. The quantitative estimate of drug-likeness (QED) is 0.932. The molecule has 0 atom stereocenters. The summed E-state index contributed by atoms with van der Waals surface area (Å²) in [5.41, 5.74) is 0.826. The Morgan fingerprint density at radius 3 is 2.52 bits per heavy atom. The van der Waals surface area contributed by atoms with E-state index < -0.39 is 0 Å². The van der Waals surface area contributed by atoms with E-state index in [1.165, 1.54) is 5.39 Å². The average Bonchev–Trinajstić information content (AvgIpc) is 2.55. The highest BCUT2D eigenvalue weighted by molar-refractivity contribution is 5.85. The van der Waals surface area contributed by atoms with E-state index in [-0.39, 0.29) is 18.3 Å². The van der Waals surface area contributed by atoms with Gasteiger partial charge in [-0.25, -0.2) is 0 Å². The van der Waals surface area contributed by atoms with E-state index in [2.05, 4.69) is 31.2 Å². The van der Waals surface area contributed by atoms with Crippen LogP contribution in [0.25, 0.3) is 10.8 Å². The molecule has 2 aromatic carbocycles. The molecule has 112 valence electrons. The summed E-state index contributed by atoms with van der Waals surface area (Å²) in [6, 6.07) is 14.4. The van der Waals surface area contributed by atoms with Crippen LogP contribution in [0, 0.1) is 5.41 Å². The maximum atomic E-state index is 9.64. The minimum Gasteiger partial charge on any atom is -0.396 e. The Morgan fingerprint density at radius 2 is 1.81 bits per heavy atom. The van der Waals surface area contributed by atoms with Gasteiger partial charge in [-0.05, 0) is 17.2 Å². The minimum atomic E-state index is -0.340. The molecule has 1 heterocycles. The van der Waals surface area contributed by atoms with Crippen LogP contribution in [0.3, 0.4) is 0 Å². The molecule has 1 saturated heterocycles. The van der Waals surface area contributed by atoms with Gasteiger partial charge in [0.15, 0.2) is 6.29 Å². The predicted octanol–water partition coefficient (Wildman–Crippen LogP) is 3.66. The molecule has 0 unspecified atom stereocenters. The Balaban J connectivity index is 1.83. The zero-order valence-electron chi connectivity index (χ0n) is 12.4. The normalized spacial score (nSPS) is 26.1. The summed E-state index contributed by atoms with van der Waals surface area (Å²) >= 11 is 0. The van der Waals surface area contributed by atoms with Crippen LogP contribution in [0.5, 0.6) is 0 Å². The molecule has 0 aliphatic carbocycles. The van der Waals surface area contributed by atoms with Crippen molar-refractivity contribution in [3.63, 3.8) is 0 Å². The minimum absolute atomic E-state index is 0.114. The first-order valence-electron chi connectivity index (χ1n) is 7.60. The molecule has 0 aromatic heterocycles. The first-order chi connectivity index (χ1) is 10.3. The van der Waals surface area contributed by atoms with Crippen molar-refractivity contribution in [1.29, 1.82) is 0 Å². The summed E-state index contributed by atoms with van der Waals surface area (Å²) in [6.45, 7) is 3.33. The molecule has 3 nitrogen and oxygen atoms in total. The number of aliphatic hydroxyl groups is 1. The second kappa shape index (κ2) is 6.14.